The summed E-state index contributed by atoms with van der Waals surface area (Å²) in [6.07, 6.45) is 3.44. The molecule has 0 aliphatic carbocycles. The molecule has 2 aliphatic rings. The molecule has 2 aliphatic heterocycles. The van der Waals surface area contributed by atoms with Crippen molar-refractivity contribution in [1.82, 2.24) is 14.8 Å². The van der Waals surface area contributed by atoms with E-state index in [9.17, 15) is 4.79 Å². The molecule has 2 fully saturated rings. The van der Waals surface area contributed by atoms with Crippen molar-refractivity contribution in [3.63, 3.8) is 0 Å². The molecule has 0 N–H and O–H groups in total. The number of carbonyl (C=O) groups excluding carboxylic acids is 1. The number of likely N-dealkylation sites (tertiary alicyclic amines) is 1. The zero-order chi connectivity index (χ0) is 15.5. The lowest BCUT2D eigenvalue weighted by Gasteiger charge is -2.38. The summed E-state index contributed by atoms with van der Waals surface area (Å²) in [4.78, 5) is 22.6. The fraction of sp³-hybridized carbons (Fsp3) is 0.625. The van der Waals surface area contributed by atoms with Crippen LogP contribution in [0.4, 0.5) is 5.82 Å². The predicted molar refractivity (Wildman–Crippen MR) is 88.3 cm³/mol. The zero-order valence-electron chi connectivity index (χ0n) is 13.0. The average molecular weight is 323 g/mol. The molecule has 22 heavy (non-hydrogen) atoms. The van der Waals surface area contributed by atoms with E-state index < -0.39 is 0 Å². The van der Waals surface area contributed by atoms with E-state index in [1.807, 2.05) is 24.1 Å². The highest BCUT2D eigenvalue weighted by atomic mass is 35.5. The van der Waals surface area contributed by atoms with Gasteiger partial charge in [0.05, 0.1) is 5.02 Å². The van der Waals surface area contributed by atoms with Gasteiger partial charge < -0.3 is 9.80 Å². The van der Waals surface area contributed by atoms with Crippen LogP contribution in [0.25, 0.3) is 0 Å². The first kappa shape index (κ1) is 15.6. The van der Waals surface area contributed by atoms with Crippen LogP contribution in [0.5, 0.6) is 0 Å². The number of anilines is 1. The second-order valence-electron chi connectivity index (χ2n) is 6.30. The van der Waals surface area contributed by atoms with Crippen LogP contribution in [0, 0.1) is 5.92 Å². The summed E-state index contributed by atoms with van der Waals surface area (Å²) in [7, 11) is 1.92. The SMILES string of the molecule is CN1CC(CN2CCN(c3ccc(Cl)cn3)CC2)CCC1=O. The molecule has 1 aromatic rings. The van der Waals surface area contributed by atoms with Gasteiger partial charge in [-0.1, -0.05) is 11.6 Å². The highest BCUT2D eigenvalue weighted by Gasteiger charge is 2.26. The standard InChI is InChI=1S/C16H23ClN4O/c1-19-11-13(2-5-16(19)22)12-20-6-8-21(9-7-20)15-4-3-14(17)10-18-15/h3-4,10,13H,2,5-9,11-12H2,1H3. The third-order valence-corrected chi connectivity index (χ3v) is 4.87. The van der Waals surface area contributed by atoms with Gasteiger partial charge in [-0.05, 0) is 24.5 Å². The van der Waals surface area contributed by atoms with Crippen molar-refractivity contribution in [2.75, 3.05) is 51.2 Å². The summed E-state index contributed by atoms with van der Waals surface area (Å²) in [6.45, 7) is 6.10. The molecule has 0 radical (unpaired) electrons. The van der Waals surface area contributed by atoms with Crippen LogP contribution in [0.15, 0.2) is 18.3 Å². The summed E-state index contributed by atoms with van der Waals surface area (Å²) >= 11 is 5.89. The molecule has 0 aromatic carbocycles. The lowest BCUT2D eigenvalue weighted by atomic mass is 9.97. The number of pyridine rings is 1. The van der Waals surface area contributed by atoms with E-state index in [0.29, 0.717) is 17.4 Å². The van der Waals surface area contributed by atoms with Crippen LogP contribution in [-0.2, 0) is 4.79 Å². The Labute approximate surface area is 136 Å². The van der Waals surface area contributed by atoms with Crippen LogP contribution in [0.3, 0.4) is 0 Å². The number of nitrogens with zero attached hydrogens (tertiary/aromatic N) is 4. The van der Waals surface area contributed by atoms with Crippen molar-refractivity contribution >= 4 is 23.3 Å². The summed E-state index contributed by atoms with van der Waals surface area (Å²) in [5, 5.41) is 0.679. The van der Waals surface area contributed by atoms with Crippen LogP contribution < -0.4 is 4.90 Å². The van der Waals surface area contributed by atoms with E-state index in [0.717, 1.165) is 51.5 Å². The first-order valence-corrected chi connectivity index (χ1v) is 8.32. The van der Waals surface area contributed by atoms with Crippen LogP contribution in [-0.4, -0.2) is 67.0 Å². The van der Waals surface area contributed by atoms with Gasteiger partial charge in [0.25, 0.3) is 0 Å². The van der Waals surface area contributed by atoms with Crippen LogP contribution in [0.1, 0.15) is 12.8 Å². The van der Waals surface area contributed by atoms with Gasteiger partial charge in [-0.25, -0.2) is 4.98 Å². The highest BCUT2D eigenvalue weighted by molar-refractivity contribution is 6.30. The molecule has 3 rings (SSSR count). The molecule has 1 amide bonds. The minimum Gasteiger partial charge on any atom is -0.354 e. The topological polar surface area (TPSA) is 39.7 Å². The molecule has 5 nitrogen and oxygen atoms in total. The Hall–Kier alpha value is -1.33. The van der Waals surface area contributed by atoms with E-state index in [2.05, 4.69) is 14.8 Å². The monoisotopic (exact) mass is 322 g/mol. The van der Waals surface area contributed by atoms with Crippen molar-refractivity contribution in [2.45, 2.75) is 12.8 Å². The number of aromatic nitrogens is 1. The van der Waals surface area contributed by atoms with Gasteiger partial charge in [-0.2, -0.15) is 0 Å². The second-order valence-corrected chi connectivity index (χ2v) is 6.74. The molecule has 0 spiro atoms. The number of amides is 1. The number of halogens is 1. The number of piperidine rings is 1. The predicted octanol–water partition coefficient (Wildman–Crippen LogP) is 1.73. The Morgan fingerprint density at radius 1 is 1.27 bits per heavy atom. The molecule has 3 heterocycles. The maximum atomic E-state index is 11.5. The fourth-order valence-electron chi connectivity index (χ4n) is 3.33. The minimum absolute atomic E-state index is 0.287. The van der Waals surface area contributed by atoms with E-state index >= 15 is 0 Å². The molecule has 120 valence electrons. The fourth-order valence-corrected chi connectivity index (χ4v) is 3.44. The summed E-state index contributed by atoms with van der Waals surface area (Å²) < 4.78 is 0. The van der Waals surface area contributed by atoms with Crippen LogP contribution >= 0.6 is 11.6 Å². The van der Waals surface area contributed by atoms with Crippen molar-refractivity contribution in [1.29, 1.82) is 0 Å². The van der Waals surface area contributed by atoms with Crippen molar-refractivity contribution in [3.8, 4) is 0 Å². The number of piperazine rings is 1. The lowest BCUT2D eigenvalue weighted by molar-refractivity contribution is -0.133. The Morgan fingerprint density at radius 3 is 2.68 bits per heavy atom. The van der Waals surface area contributed by atoms with E-state index in [-0.39, 0.29) is 5.91 Å². The van der Waals surface area contributed by atoms with E-state index in [4.69, 9.17) is 11.6 Å². The molecular formula is C16H23ClN4O. The summed E-state index contributed by atoms with van der Waals surface area (Å²) in [5.41, 5.74) is 0. The van der Waals surface area contributed by atoms with Crippen molar-refractivity contribution in [3.05, 3.63) is 23.4 Å². The Morgan fingerprint density at radius 2 is 2.05 bits per heavy atom. The molecule has 0 saturated carbocycles. The Balaban J connectivity index is 1.47. The van der Waals surface area contributed by atoms with Gasteiger partial charge in [-0.3, -0.25) is 9.69 Å². The van der Waals surface area contributed by atoms with Crippen molar-refractivity contribution in [2.24, 2.45) is 5.92 Å². The number of rotatable bonds is 3. The normalized spacial score (nSPS) is 23.9. The first-order valence-electron chi connectivity index (χ1n) is 7.94. The highest BCUT2D eigenvalue weighted by Crippen LogP contribution is 2.20. The van der Waals surface area contributed by atoms with E-state index in [1.165, 1.54) is 0 Å². The first-order chi connectivity index (χ1) is 10.6. The molecule has 1 aromatic heterocycles. The Bertz CT molecular complexity index is 513. The molecule has 2 saturated heterocycles. The van der Waals surface area contributed by atoms with Gasteiger partial charge in [0.15, 0.2) is 0 Å². The minimum atomic E-state index is 0.287. The lowest BCUT2D eigenvalue weighted by Crippen LogP contribution is -2.50. The third-order valence-electron chi connectivity index (χ3n) is 4.65. The quantitative estimate of drug-likeness (QED) is 0.849. The third kappa shape index (κ3) is 3.70. The number of carbonyl (C=O) groups is 1. The van der Waals surface area contributed by atoms with Crippen LogP contribution in [0.2, 0.25) is 5.02 Å². The maximum Gasteiger partial charge on any atom is 0.222 e. The van der Waals surface area contributed by atoms with Gasteiger partial charge in [0.1, 0.15) is 5.82 Å². The molecular weight excluding hydrogens is 300 g/mol. The number of hydrogen-bond donors (Lipinski definition) is 0. The van der Waals surface area contributed by atoms with E-state index in [1.54, 1.807) is 6.20 Å². The second kappa shape index (κ2) is 6.84. The van der Waals surface area contributed by atoms with Gasteiger partial charge in [0.2, 0.25) is 5.91 Å². The summed E-state index contributed by atoms with van der Waals surface area (Å²) in [5.74, 6) is 1.91. The zero-order valence-corrected chi connectivity index (χ0v) is 13.8. The number of hydrogen-bond acceptors (Lipinski definition) is 4. The molecule has 0 bridgehead atoms. The maximum absolute atomic E-state index is 11.5. The molecule has 1 unspecified atom stereocenters. The van der Waals surface area contributed by atoms with Crippen molar-refractivity contribution < 1.29 is 4.79 Å². The van der Waals surface area contributed by atoms with Gasteiger partial charge >= 0.3 is 0 Å². The molecule has 6 heteroatoms. The average Bonchev–Trinajstić information content (AvgIpc) is 2.53. The summed E-state index contributed by atoms with van der Waals surface area (Å²) in [6, 6.07) is 3.88. The Kier molecular flexibility index (Phi) is 4.84. The van der Waals surface area contributed by atoms with Gasteiger partial charge in [0, 0.05) is 58.9 Å². The smallest absolute Gasteiger partial charge is 0.222 e. The van der Waals surface area contributed by atoms with Gasteiger partial charge in [-0.15, -0.1) is 0 Å². The molecule has 1 atom stereocenters. The largest absolute Gasteiger partial charge is 0.354 e.